The van der Waals surface area contributed by atoms with E-state index in [0.29, 0.717) is 11.1 Å². The Hall–Kier alpha value is -10.5. The second-order valence-electron chi connectivity index (χ2n) is 19.8. The Labute approximate surface area is 438 Å². The molecule has 0 N–H and O–H groups in total. The van der Waals surface area contributed by atoms with E-state index in [4.69, 9.17) is 0 Å². The minimum atomic E-state index is 0.636. The van der Waals surface area contributed by atoms with Crippen LogP contribution in [-0.4, -0.2) is 9.13 Å². The summed E-state index contributed by atoms with van der Waals surface area (Å²) in [6.07, 6.45) is 0. The van der Waals surface area contributed by atoms with Gasteiger partial charge in [0.25, 0.3) is 0 Å². The van der Waals surface area contributed by atoms with Crippen molar-refractivity contribution in [3.05, 3.63) is 266 Å². The first-order valence-electron chi connectivity index (χ1n) is 25.7. The molecule has 0 amide bonds. The molecule has 0 saturated heterocycles. The van der Waals surface area contributed by atoms with Gasteiger partial charge in [0.05, 0.1) is 45.3 Å². The molecule has 15 aromatic rings. The van der Waals surface area contributed by atoms with Crippen molar-refractivity contribution in [2.45, 2.75) is 0 Å². The van der Waals surface area contributed by atoms with Crippen molar-refractivity contribution in [1.82, 2.24) is 9.13 Å². The van der Waals surface area contributed by atoms with Crippen LogP contribution < -0.4 is 0 Å². The zero-order valence-electron chi connectivity index (χ0n) is 41.0. The summed E-state index contributed by atoms with van der Waals surface area (Å²) in [5.41, 5.74) is 16.9. The molecule has 2 heterocycles. The van der Waals surface area contributed by atoms with E-state index in [1.54, 1.807) is 0 Å². The quantitative estimate of drug-likeness (QED) is 0.156. The standard InChI is InChI=1S/C72H42N4/c73-43-45-25-33-67-61(37-45)63-39-51(29-35-69(63)75(67)53-17-3-1-4-18-53)49-27-31-59-65(41-49)71(57-23-11-15-47-13-7-9-21-55(47)57)60-32-28-50(42-66(60)72(59)58-24-12-16-48-14-8-10-22-56(48)58)52-30-36-70-64(40-52)62-38-46(44-74)26-34-68(62)76(70)54-19-5-2-6-20-54/h1-42H. The van der Waals surface area contributed by atoms with Gasteiger partial charge in [0.15, 0.2) is 0 Å². The van der Waals surface area contributed by atoms with Crippen molar-refractivity contribution >= 4 is 86.7 Å². The summed E-state index contributed by atoms with van der Waals surface area (Å²) in [4.78, 5) is 0. The molecule has 0 aliphatic heterocycles. The number of fused-ring (bicyclic) bond motifs is 10. The second-order valence-corrected chi connectivity index (χ2v) is 19.8. The molecule has 0 saturated carbocycles. The number of hydrogen-bond acceptors (Lipinski definition) is 2. The van der Waals surface area contributed by atoms with Crippen LogP contribution in [0.3, 0.4) is 0 Å². The number of nitrogens with zero attached hydrogens (tertiary/aromatic N) is 4. The molecule has 4 heteroatoms. The summed E-state index contributed by atoms with van der Waals surface area (Å²) in [6, 6.07) is 96.3. The van der Waals surface area contributed by atoms with Crippen molar-refractivity contribution in [3.63, 3.8) is 0 Å². The maximum absolute atomic E-state index is 10.1. The van der Waals surface area contributed by atoms with E-state index < -0.39 is 0 Å². The summed E-state index contributed by atoms with van der Waals surface area (Å²) in [5, 5.41) is 33.9. The van der Waals surface area contributed by atoms with Gasteiger partial charge >= 0.3 is 0 Å². The number of para-hydroxylation sites is 2. The fourth-order valence-electron chi connectivity index (χ4n) is 12.3. The number of nitriles is 2. The number of aromatic nitrogens is 2. The van der Waals surface area contributed by atoms with Gasteiger partial charge in [-0.05, 0) is 185 Å². The highest BCUT2D eigenvalue weighted by Crippen LogP contribution is 2.49. The van der Waals surface area contributed by atoms with Gasteiger partial charge in [0.2, 0.25) is 0 Å². The first-order chi connectivity index (χ1) is 37.6. The Balaban J connectivity index is 1.02. The summed E-state index contributed by atoms with van der Waals surface area (Å²) in [5.74, 6) is 0. The molecule has 15 rings (SSSR count). The van der Waals surface area contributed by atoms with Gasteiger partial charge in [-0.3, -0.25) is 0 Å². The maximum Gasteiger partial charge on any atom is 0.0991 e. The molecule has 0 atom stereocenters. The Morgan fingerprint density at radius 3 is 1.01 bits per heavy atom. The van der Waals surface area contributed by atoms with Gasteiger partial charge in [-0.2, -0.15) is 10.5 Å². The van der Waals surface area contributed by atoms with Crippen molar-refractivity contribution < 1.29 is 0 Å². The van der Waals surface area contributed by atoms with E-state index >= 15 is 0 Å². The molecule has 76 heavy (non-hydrogen) atoms. The third-order valence-electron chi connectivity index (χ3n) is 15.7. The van der Waals surface area contributed by atoms with E-state index in [1.165, 1.54) is 65.3 Å². The van der Waals surface area contributed by atoms with Crippen LogP contribution in [0, 0.1) is 22.7 Å². The van der Waals surface area contributed by atoms with Crippen molar-refractivity contribution in [2.24, 2.45) is 0 Å². The van der Waals surface area contributed by atoms with Gasteiger partial charge in [-0.1, -0.05) is 158 Å². The molecule has 2 aromatic heterocycles. The van der Waals surface area contributed by atoms with Crippen LogP contribution >= 0.6 is 0 Å². The van der Waals surface area contributed by atoms with E-state index in [0.717, 1.165) is 77.2 Å². The highest BCUT2D eigenvalue weighted by atomic mass is 15.0. The lowest BCUT2D eigenvalue weighted by Gasteiger charge is -2.21. The highest BCUT2D eigenvalue weighted by Gasteiger charge is 2.23. The normalized spacial score (nSPS) is 11.7. The van der Waals surface area contributed by atoms with Crippen LogP contribution in [0.25, 0.3) is 143 Å². The lowest BCUT2D eigenvalue weighted by atomic mass is 9.82. The maximum atomic E-state index is 10.1. The van der Waals surface area contributed by atoms with E-state index in [-0.39, 0.29) is 0 Å². The summed E-state index contributed by atoms with van der Waals surface area (Å²) in [6.45, 7) is 0. The monoisotopic (exact) mass is 962 g/mol. The predicted octanol–water partition coefficient (Wildman–Crippen LogP) is 18.9. The Bertz CT molecular complexity index is 4680. The SMILES string of the molecule is N#Cc1ccc2c(c1)c1cc(-c3ccc4c(-c5cccc6ccccc56)c5cc(-c6ccc7c(c6)c6cc(C#N)ccc6n7-c6ccccc6)ccc5c(-c5cccc6ccccc56)c4c3)ccc1n2-c1ccccc1. The van der Waals surface area contributed by atoms with E-state index in [2.05, 4.69) is 240 Å². The number of benzene rings is 13. The summed E-state index contributed by atoms with van der Waals surface area (Å²) in [7, 11) is 0. The first kappa shape index (κ1) is 43.1. The summed E-state index contributed by atoms with van der Waals surface area (Å²) < 4.78 is 4.61. The van der Waals surface area contributed by atoms with Crippen molar-refractivity contribution in [1.29, 1.82) is 10.5 Å². The van der Waals surface area contributed by atoms with Crippen LogP contribution in [0.4, 0.5) is 0 Å². The van der Waals surface area contributed by atoms with Crippen LogP contribution in [-0.2, 0) is 0 Å². The van der Waals surface area contributed by atoms with Gasteiger partial charge in [0, 0.05) is 32.9 Å². The van der Waals surface area contributed by atoms with Gasteiger partial charge in [-0.25, -0.2) is 0 Å². The Kier molecular flexibility index (Phi) is 9.66. The van der Waals surface area contributed by atoms with Crippen molar-refractivity contribution in [3.8, 4) is 68.0 Å². The predicted molar refractivity (Wildman–Crippen MR) is 316 cm³/mol. The molecular weight excluding hydrogens is 921 g/mol. The topological polar surface area (TPSA) is 57.4 Å². The molecule has 0 spiro atoms. The third-order valence-corrected chi connectivity index (χ3v) is 15.7. The lowest BCUT2D eigenvalue weighted by Crippen LogP contribution is -1.94. The third kappa shape index (κ3) is 6.62. The van der Waals surface area contributed by atoms with E-state index in [9.17, 15) is 10.5 Å². The number of hydrogen-bond donors (Lipinski definition) is 0. The molecule has 0 radical (unpaired) electrons. The second kappa shape index (κ2) is 17.0. The molecule has 0 unspecified atom stereocenters. The fourth-order valence-corrected chi connectivity index (χ4v) is 12.3. The highest BCUT2D eigenvalue weighted by molar-refractivity contribution is 6.26. The van der Waals surface area contributed by atoms with Gasteiger partial charge < -0.3 is 9.13 Å². The van der Waals surface area contributed by atoms with E-state index in [1.807, 2.05) is 36.4 Å². The molecule has 0 fully saturated rings. The smallest absolute Gasteiger partial charge is 0.0991 e. The Morgan fingerprint density at radius 2 is 0.592 bits per heavy atom. The molecule has 350 valence electrons. The van der Waals surface area contributed by atoms with Crippen LogP contribution in [0.2, 0.25) is 0 Å². The van der Waals surface area contributed by atoms with Crippen LogP contribution in [0.15, 0.2) is 255 Å². The molecular formula is C72H42N4. The summed E-state index contributed by atoms with van der Waals surface area (Å²) >= 11 is 0. The zero-order valence-corrected chi connectivity index (χ0v) is 41.0. The van der Waals surface area contributed by atoms with Crippen molar-refractivity contribution in [2.75, 3.05) is 0 Å². The molecule has 13 aromatic carbocycles. The largest absolute Gasteiger partial charge is 0.309 e. The molecule has 0 bridgehead atoms. The first-order valence-corrected chi connectivity index (χ1v) is 25.7. The lowest BCUT2D eigenvalue weighted by molar-refractivity contribution is 1.18. The van der Waals surface area contributed by atoms with Gasteiger partial charge in [0.1, 0.15) is 0 Å². The fraction of sp³-hybridized carbons (Fsp3) is 0. The average molecular weight is 963 g/mol. The van der Waals surface area contributed by atoms with Crippen LogP contribution in [0.1, 0.15) is 11.1 Å². The molecule has 0 aliphatic rings. The zero-order chi connectivity index (χ0) is 50.4. The molecule has 4 nitrogen and oxygen atoms in total. The Morgan fingerprint density at radius 1 is 0.250 bits per heavy atom. The minimum Gasteiger partial charge on any atom is -0.309 e. The van der Waals surface area contributed by atoms with Gasteiger partial charge in [-0.15, -0.1) is 0 Å². The van der Waals surface area contributed by atoms with Crippen LogP contribution in [0.5, 0.6) is 0 Å². The average Bonchev–Trinajstić information content (AvgIpc) is 4.08. The molecule has 0 aliphatic carbocycles. The number of rotatable bonds is 6. The minimum absolute atomic E-state index is 0.636.